The summed E-state index contributed by atoms with van der Waals surface area (Å²) in [4.78, 5) is 1.31. The lowest BCUT2D eigenvalue weighted by molar-refractivity contribution is 0.907. The molecule has 0 bridgehead atoms. The van der Waals surface area contributed by atoms with Gasteiger partial charge in [-0.3, -0.25) is 0 Å². The number of rotatable bonds is 3. The Hall–Kier alpha value is 0.220. The number of thiophene rings is 1. The maximum Gasteiger partial charge on any atom is 0.0702 e. The van der Waals surface area contributed by atoms with Crippen molar-refractivity contribution < 1.29 is 0 Å². The first-order valence-corrected chi connectivity index (χ1v) is 8.09. The van der Waals surface area contributed by atoms with Crippen LogP contribution in [0.1, 0.15) is 17.8 Å². The van der Waals surface area contributed by atoms with Crippen molar-refractivity contribution in [1.82, 2.24) is 0 Å². The second-order valence-corrected chi connectivity index (χ2v) is 7.73. The van der Waals surface area contributed by atoms with Crippen molar-refractivity contribution in [3.63, 3.8) is 0 Å². The third-order valence-corrected chi connectivity index (χ3v) is 5.26. The highest BCUT2D eigenvalue weighted by molar-refractivity contribution is 14.1. The molecule has 0 aliphatic carbocycles. The van der Waals surface area contributed by atoms with Gasteiger partial charge in [-0.25, -0.2) is 0 Å². The molecule has 1 N–H and O–H groups in total. The Balaban J connectivity index is 2.15. The highest BCUT2D eigenvalue weighted by Crippen LogP contribution is 2.31. The van der Waals surface area contributed by atoms with Gasteiger partial charge < -0.3 is 5.32 Å². The average Bonchev–Trinajstić information content (AvgIpc) is 2.69. The van der Waals surface area contributed by atoms with E-state index in [1.807, 2.05) is 18.2 Å². The Kier molecular flexibility index (Phi) is 4.74. The summed E-state index contributed by atoms with van der Waals surface area (Å²) >= 11 is 13.5. The van der Waals surface area contributed by atoms with Crippen molar-refractivity contribution in [3.05, 3.63) is 47.6 Å². The van der Waals surface area contributed by atoms with Crippen LogP contribution in [0.25, 0.3) is 0 Å². The first-order chi connectivity index (χ1) is 8.06. The van der Waals surface area contributed by atoms with E-state index in [0.29, 0.717) is 6.04 Å². The fourth-order valence-electron chi connectivity index (χ4n) is 1.47. The zero-order chi connectivity index (χ0) is 12.4. The summed E-state index contributed by atoms with van der Waals surface area (Å²) in [6.07, 6.45) is 0. The van der Waals surface area contributed by atoms with E-state index < -0.39 is 0 Å². The Labute approximate surface area is 132 Å². The fraction of sp³-hybridized carbons (Fsp3) is 0.167. The largest absolute Gasteiger partial charge is 0.377 e. The lowest BCUT2D eigenvalue weighted by Crippen LogP contribution is -2.05. The molecule has 90 valence electrons. The average molecular weight is 443 g/mol. The SMILES string of the molecule is CC(Nc1ccc(Cl)cc1I)c1ccc(Br)s1. The summed E-state index contributed by atoms with van der Waals surface area (Å²) in [6, 6.07) is 10.4. The minimum Gasteiger partial charge on any atom is -0.377 e. The zero-order valence-corrected chi connectivity index (χ0v) is 14.3. The van der Waals surface area contributed by atoms with Gasteiger partial charge in [0.05, 0.1) is 9.83 Å². The van der Waals surface area contributed by atoms with Gasteiger partial charge in [-0.1, -0.05) is 11.6 Å². The van der Waals surface area contributed by atoms with Crippen LogP contribution in [-0.4, -0.2) is 0 Å². The molecule has 0 aliphatic heterocycles. The van der Waals surface area contributed by atoms with Crippen LogP contribution in [0, 0.1) is 3.57 Å². The van der Waals surface area contributed by atoms with Gasteiger partial charge in [0.15, 0.2) is 0 Å². The number of benzene rings is 1. The van der Waals surface area contributed by atoms with E-state index in [2.05, 4.69) is 62.9 Å². The van der Waals surface area contributed by atoms with Crippen LogP contribution < -0.4 is 5.32 Å². The lowest BCUT2D eigenvalue weighted by Gasteiger charge is -2.15. The number of hydrogen-bond acceptors (Lipinski definition) is 2. The Bertz CT molecular complexity index is 529. The first kappa shape index (κ1) is 13.6. The molecule has 0 saturated carbocycles. The van der Waals surface area contributed by atoms with E-state index in [4.69, 9.17) is 11.6 Å². The maximum atomic E-state index is 5.94. The minimum absolute atomic E-state index is 0.293. The van der Waals surface area contributed by atoms with Gasteiger partial charge in [0.1, 0.15) is 0 Å². The molecule has 0 spiro atoms. The van der Waals surface area contributed by atoms with Crippen molar-refractivity contribution >= 4 is 67.1 Å². The summed E-state index contributed by atoms with van der Waals surface area (Å²) in [6.45, 7) is 2.16. The molecule has 1 unspecified atom stereocenters. The molecule has 0 aliphatic rings. The van der Waals surface area contributed by atoms with Crippen molar-refractivity contribution in [3.8, 4) is 0 Å². The Morgan fingerprint density at radius 2 is 2.12 bits per heavy atom. The predicted octanol–water partition coefficient (Wildman–Crippen LogP) is 5.94. The molecule has 0 fully saturated rings. The van der Waals surface area contributed by atoms with Crippen LogP contribution in [0.4, 0.5) is 5.69 Å². The molecule has 17 heavy (non-hydrogen) atoms. The smallest absolute Gasteiger partial charge is 0.0702 e. The second-order valence-electron chi connectivity index (χ2n) is 3.63. The van der Waals surface area contributed by atoms with E-state index >= 15 is 0 Å². The Morgan fingerprint density at radius 1 is 1.35 bits per heavy atom. The van der Waals surface area contributed by atoms with E-state index in [9.17, 15) is 0 Å². The summed E-state index contributed by atoms with van der Waals surface area (Å²) in [5.74, 6) is 0. The van der Waals surface area contributed by atoms with Crippen LogP contribution >= 0.6 is 61.5 Å². The summed E-state index contributed by atoms with van der Waals surface area (Å²) < 4.78 is 2.30. The summed E-state index contributed by atoms with van der Waals surface area (Å²) in [5, 5.41) is 4.26. The van der Waals surface area contributed by atoms with Crippen molar-refractivity contribution in [2.75, 3.05) is 5.32 Å². The van der Waals surface area contributed by atoms with Gasteiger partial charge in [-0.05, 0) is 75.8 Å². The normalized spacial score (nSPS) is 12.5. The molecule has 2 rings (SSSR count). The molecule has 1 aromatic heterocycles. The number of nitrogens with one attached hydrogen (secondary N) is 1. The molecular formula is C12H10BrClINS. The molecule has 1 nitrogen and oxygen atoms in total. The quantitative estimate of drug-likeness (QED) is 0.580. The number of hydrogen-bond donors (Lipinski definition) is 1. The molecule has 1 atom stereocenters. The molecule has 0 saturated heterocycles. The van der Waals surface area contributed by atoms with Gasteiger partial charge in [0.25, 0.3) is 0 Å². The number of anilines is 1. The van der Waals surface area contributed by atoms with Crippen molar-refractivity contribution in [2.24, 2.45) is 0 Å². The van der Waals surface area contributed by atoms with Crippen molar-refractivity contribution in [1.29, 1.82) is 0 Å². The van der Waals surface area contributed by atoms with Crippen LogP contribution in [0.5, 0.6) is 0 Å². The van der Waals surface area contributed by atoms with E-state index in [1.165, 1.54) is 4.88 Å². The highest BCUT2D eigenvalue weighted by Gasteiger charge is 2.09. The second kappa shape index (κ2) is 5.91. The predicted molar refractivity (Wildman–Crippen MR) is 88.2 cm³/mol. The van der Waals surface area contributed by atoms with Crippen molar-refractivity contribution in [2.45, 2.75) is 13.0 Å². The van der Waals surface area contributed by atoms with Crippen LogP contribution in [0.2, 0.25) is 5.02 Å². The highest BCUT2D eigenvalue weighted by atomic mass is 127. The summed E-state index contributed by atoms with van der Waals surface area (Å²) in [5.41, 5.74) is 1.12. The van der Waals surface area contributed by atoms with E-state index in [0.717, 1.165) is 18.1 Å². The van der Waals surface area contributed by atoms with Crippen LogP contribution in [0.3, 0.4) is 0 Å². The van der Waals surface area contributed by atoms with Gasteiger partial charge in [0, 0.05) is 19.2 Å². The fourth-order valence-corrected chi connectivity index (χ4v) is 3.93. The third kappa shape index (κ3) is 3.59. The minimum atomic E-state index is 0.293. The molecule has 0 amide bonds. The zero-order valence-electron chi connectivity index (χ0n) is 9.01. The number of halogens is 3. The maximum absolute atomic E-state index is 5.94. The molecule has 5 heteroatoms. The van der Waals surface area contributed by atoms with Gasteiger partial charge >= 0.3 is 0 Å². The van der Waals surface area contributed by atoms with Gasteiger partial charge in [-0.2, -0.15) is 0 Å². The summed E-state index contributed by atoms with van der Waals surface area (Å²) in [7, 11) is 0. The van der Waals surface area contributed by atoms with Crippen LogP contribution in [-0.2, 0) is 0 Å². The van der Waals surface area contributed by atoms with E-state index in [-0.39, 0.29) is 0 Å². The molecule has 1 heterocycles. The standard InChI is InChI=1S/C12H10BrClINS/c1-7(11-4-5-12(13)17-11)16-10-3-2-8(14)6-9(10)15/h2-7,16H,1H3. The first-order valence-electron chi connectivity index (χ1n) is 5.03. The van der Waals surface area contributed by atoms with Gasteiger partial charge in [0.2, 0.25) is 0 Å². The monoisotopic (exact) mass is 441 g/mol. The topological polar surface area (TPSA) is 12.0 Å². The lowest BCUT2D eigenvalue weighted by atomic mass is 10.2. The molecule has 2 aromatic rings. The molecule has 0 radical (unpaired) electrons. The van der Waals surface area contributed by atoms with E-state index in [1.54, 1.807) is 11.3 Å². The Morgan fingerprint density at radius 3 is 2.71 bits per heavy atom. The molecule has 1 aromatic carbocycles. The third-order valence-electron chi connectivity index (χ3n) is 2.32. The van der Waals surface area contributed by atoms with Gasteiger partial charge in [-0.15, -0.1) is 11.3 Å². The molecular weight excluding hydrogens is 432 g/mol. The van der Waals surface area contributed by atoms with Crippen LogP contribution in [0.15, 0.2) is 34.1 Å².